The Morgan fingerprint density at radius 3 is 0.500 bits per heavy atom. The van der Waals surface area contributed by atoms with Crippen molar-refractivity contribution in [2.75, 3.05) is 0 Å². The number of hydrogen-bond acceptors (Lipinski definition) is 4. The largest absolute Gasteiger partial charge is 0.435 e. The summed E-state index contributed by atoms with van der Waals surface area (Å²) in [6.45, 7) is 54.4. The van der Waals surface area contributed by atoms with E-state index in [1.807, 2.05) is 0 Å². The molecule has 6 aromatic carbocycles. The quantitative estimate of drug-likeness (QED) is 0.121. The molecule has 6 rings (SSSR count). The van der Waals surface area contributed by atoms with Gasteiger partial charge in [-0.1, -0.05) is 263 Å². The van der Waals surface area contributed by atoms with Crippen LogP contribution in [0.15, 0.2) is 121 Å². The second-order valence-electron chi connectivity index (χ2n) is 28.7. The molecule has 0 aliphatic rings. The fourth-order valence-electron chi connectivity index (χ4n) is 9.40. The van der Waals surface area contributed by atoms with Crippen LogP contribution in [0, 0.1) is 0 Å². The molecule has 74 heavy (non-hydrogen) atoms. The van der Waals surface area contributed by atoms with Crippen molar-refractivity contribution in [1.29, 1.82) is 0 Å². The lowest BCUT2D eigenvalue weighted by Gasteiger charge is -2.34. The lowest BCUT2D eigenvalue weighted by atomic mass is 9.79. The summed E-state index contributed by atoms with van der Waals surface area (Å²) in [6.07, 6.45) is 0. The highest BCUT2D eigenvalue weighted by Crippen LogP contribution is 2.53. The molecular formula is C68H92O4P2. The summed E-state index contributed by atoms with van der Waals surface area (Å²) in [4.78, 5) is 0. The molecule has 0 aliphatic heterocycles. The first kappa shape index (κ1) is 58.6. The predicted molar refractivity (Wildman–Crippen MR) is 323 cm³/mol. The van der Waals surface area contributed by atoms with E-state index in [9.17, 15) is 0 Å². The normalized spacial score (nSPS) is 13.4. The fourth-order valence-corrected chi connectivity index (χ4v) is 12.1. The molecule has 398 valence electrons. The molecule has 0 atom stereocenters. The van der Waals surface area contributed by atoms with Crippen molar-refractivity contribution in [3.63, 3.8) is 0 Å². The first-order chi connectivity index (χ1) is 33.8. The van der Waals surface area contributed by atoms with Gasteiger partial charge < -0.3 is 18.1 Å². The lowest BCUT2D eigenvalue weighted by molar-refractivity contribution is 0.442. The topological polar surface area (TPSA) is 36.9 Å². The van der Waals surface area contributed by atoms with E-state index in [0.717, 1.165) is 44.7 Å². The van der Waals surface area contributed by atoms with Crippen LogP contribution in [0.4, 0.5) is 0 Å². The van der Waals surface area contributed by atoms with Crippen LogP contribution in [0.3, 0.4) is 0 Å². The van der Waals surface area contributed by atoms with Gasteiger partial charge in [0, 0.05) is 44.5 Å². The number of para-hydroxylation sites is 4. The van der Waals surface area contributed by atoms with Crippen LogP contribution in [0.25, 0.3) is 11.1 Å². The van der Waals surface area contributed by atoms with Gasteiger partial charge in [-0.05, 0) is 78.7 Å². The summed E-state index contributed by atoms with van der Waals surface area (Å²) in [5.74, 6) is 3.63. The Hall–Kier alpha value is -4.62. The van der Waals surface area contributed by atoms with Crippen LogP contribution in [-0.2, 0) is 43.3 Å². The third kappa shape index (κ3) is 13.7. The molecule has 0 saturated carbocycles. The molecule has 6 heteroatoms. The maximum absolute atomic E-state index is 7.47. The minimum Gasteiger partial charge on any atom is -0.435 e. The van der Waals surface area contributed by atoms with Crippen molar-refractivity contribution in [1.82, 2.24) is 0 Å². The van der Waals surface area contributed by atoms with Gasteiger partial charge in [-0.3, -0.25) is 0 Å². The van der Waals surface area contributed by atoms with Crippen molar-refractivity contribution in [3.05, 3.63) is 166 Å². The molecule has 0 radical (unpaired) electrons. The first-order valence-corrected chi connectivity index (χ1v) is 29.2. The number of hydrogen-bond donors (Lipinski definition) is 0. The van der Waals surface area contributed by atoms with Crippen molar-refractivity contribution >= 4 is 27.4 Å². The Bertz CT molecular complexity index is 2400. The van der Waals surface area contributed by atoms with E-state index in [4.69, 9.17) is 18.1 Å². The van der Waals surface area contributed by atoms with Gasteiger partial charge in [0.05, 0.1) is 10.6 Å². The Kier molecular flexibility index (Phi) is 16.7. The van der Waals surface area contributed by atoms with Gasteiger partial charge in [-0.2, -0.15) is 0 Å². The van der Waals surface area contributed by atoms with E-state index in [0.29, 0.717) is 0 Å². The van der Waals surface area contributed by atoms with Crippen LogP contribution in [0.1, 0.15) is 211 Å². The fraction of sp³-hybridized carbons (Fsp3) is 0.471. The third-order valence-corrected chi connectivity index (χ3v) is 16.5. The highest BCUT2D eigenvalue weighted by Gasteiger charge is 2.36. The summed E-state index contributed by atoms with van der Waals surface area (Å²) in [5, 5.41) is 1.99. The molecule has 0 aromatic heterocycles. The van der Waals surface area contributed by atoms with E-state index >= 15 is 0 Å². The van der Waals surface area contributed by atoms with Crippen molar-refractivity contribution in [3.8, 4) is 34.1 Å². The molecule has 0 fully saturated rings. The zero-order chi connectivity index (χ0) is 55.4. The predicted octanol–water partition coefficient (Wildman–Crippen LogP) is 19.9. The van der Waals surface area contributed by atoms with E-state index in [2.05, 4.69) is 287 Å². The molecule has 0 N–H and O–H groups in total. The molecule has 6 aromatic rings. The van der Waals surface area contributed by atoms with Crippen LogP contribution in [-0.4, -0.2) is 0 Å². The molecule has 0 bridgehead atoms. The second-order valence-corrected chi connectivity index (χ2v) is 31.5. The smallest absolute Gasteiger partial charge is 0.326 e. The van der Waals surface area contributed by atoms with Crippen LogP contribution < -0.4 is 28.7 Å². The standard InChI is InChI=1S/C68H92O4P2/c1-61(2,3)49-29-25-30-50(62(4,5)6)57(49)69-73(70-58-51(63(7,8)9)31-26-32-52(58)64(10,11)12)47-41-37-45(38-42-47)46-39-43-48(44-40-46)74(71-59-53(65(13,14)15)33-27-34-54(59)66(16,17)18)72-60-55(67(19,20)21)35-28-36-56(60)68(22,23)24/h25-44H,1-24H3. The molecule has 0 amide bonds. The van der Waals surface area contributed by atoms with E-state index in [1.54, 1.807) is 0 Å². The van der Waals surface area contributed by atoms with Gasteiger partial charge >= 0.3 is 16.8 Å². The van der Waals surface area contributed by atoms with Gasteiger partial charge in [-0.25, -0.2) is 0 Å². The van der Waals surface area contributed by atoms with Gasteiger partial charge in [0.25, 0.3) is 0 Å². The summed E-state index contributed by atoms with van der Waals surface area (Å²) >= 11 is 0. The highest BCUT2D eigenvalue weighted by molar-refractivity contribution is 7.57. The summed E-state index contributed by atoms with van der Waals surface area (Å²) < 4.78 is 29.9. The summed E-state index contributed by atoms with van der Waals surface area (Å²) in [6, 6.07) is 44.1. The van der Waals surface area contributed by atoms with Gasteiger partial charge in [0.1, 0.15) is 23.0 Å². The SMILES string of the molecule is CC(C)(C)c1cccc(C(C)(C)C)c1OP(Oc1c(C(C)(C)C)cccc1C(C)(C)C)c1ccc(-c2ccc(P(Oc3c(C(C)(C)C)cccc3C(C)(C)C)Oc3c(C(C)(C)C)cccc3C(C)(C)C)cc2)cc1. The highest BCUT2D eigenvalue weighted by atomic mass is 31.2. The van der Waals surface area contributed by atoms with Crippen LogP contribution in [0.2, 0.25) is 0 Å². The monoisotopic (exact) mass is 1030 g/mol. The molecule has 0 saturated heterocycles. The van der Waals surface area contributed by atoms with Gasteiger partial charge in [-0.15, -0.1) is 0 Å². The van der Waals surface area contributed by atoms with E-state index in [-0.39, 0.29) is 43.3 Å². The first-order valence-electron chi connectivity index (χ1n) is 26.9. The second kappa shape index (κ2) is 21.1. The summed E-state index contributed by atoms with van der Waals surface area (Å²) in [5.41, 5.74) is 10.2. The maximum Gasteiger partial charge on any atom is 0.326 e. The Morgan fingerprint density at radius 2 is 0.365 bits per heavy atom. The molecule has 0 spiro atoms. The summed E-state index contributed by atoms with van der Waals surface area (Å²) in [7, 11) is -3.36. The Labute approximate surface area is 452 Å². The number of rotatable bonds is 11. The molecule has 4 nitrogen and oxygen atoms in total. The Morgan fingerprint density at radius 1 is 0.216 bits per heavy atom. The third-order valence-electron chi connectivity index (χ3n) is 13.7. The minimum absolute atomic E-state index is 0.167. The molecule has 0 aliphatic carbocycles. The molecule has 0 heterocycles. The van der Waals surface area contributed by atoms with Crippen molar-refractivity contribution in [2.24, 2.45) is 0 Å². The molecule has 0 unspecified atom stereocenters. The lowest BCUT2D eigenvalue weighted by Crippen LogP contribution is -2.22. The zero-order valence-corrected chi connectivity index (χ0v) is 51.9. The molecular weight excluding hydrogens is 943 g/mol. The van der Waals surface area contributed by atoms with E-state index < -0.39 is 16.8 Å². The van der Waals surface area contributed by atoms with Gasteiger partial charge in [0.2, 0.25) is 0 Å². The Balaban J connectivity index is 1.50. The number of benzene rings is 6. The van der Waals surface area contributed by atoms with Gasteiger partial charge in [0.15, 0.2) is 0 Å². The van der Waals surface area contributed by atoms with Crippen LogP contribution >= 0.6 is 16.8 Å². The maximum atomic E-state index is 7.47. The van der Waals surface area contributed by atoms with Crippen LogP contribution in [0.5, 0.6) is 23.0 Å². The van der Waals surface area contributed by atoms with E-state index in [1.165, 1.54) is 44.5 Å². The average Bonchev–Trinajstić information content (AvgIpc) is 3.26. The zero-order valence-electron chi connectivity index (χ0n) is 50.1. The minimum atomic E-state index is -1.68. The van der Waals surface area contributed by atoms with Crippen molar-refractivity contribution < 1.29 is 18.1 Å². The average molecular weight is 1040 g/mol. The van der Waals surface area contributed by atoms with Crippen molar-refractivity contribution in [2.45, 2.75) is 209 Å².